The molecule has 5 heteroatoms. The average molecular weight is 363 g/mol. The summed E-state index contributed by atoms with van der Waals surface area (Å²) in [7, 11) is 0. The van der Waals surface area contributed by atoms with E-state index >= 15 is 0 Å². The highest BCUT2D eigenvalue weighted by Crippen LogP contribution is 2.28. The maximum Gasteiger partial charge on any atom is 0.123 e. The molecule has 3 rings (SSSR count). The molecular weight excluding hydrogens is 348 g/mol. The third kappa shape index (κ3) is 3.19. The fourth-order valence-electron chi connectivity index (χ4n) is 2.47. The number of ether oxygens (including phenoxy) is 1. The highest BCUT2D eigenvalue weighted by Gasteiger charge is 2.22. The molecule has 3 nitrogen and oxygen atoms in total. The Kier molecular flexibility index (Phi) is 4.12. The number of anilines is 1. The molecule has 0 bridgehead atoms. The minimum atomic E-state index is 0.130. The molecular formula is C16H15BrN2OS. The van der Waals surface area contributed by atoms with E-state index in [1.807, 2.05) is 36.4 Å². The second kappa shape index (κ2) is 6.03. The molecule has 0 radical (unpaired) electrons. The van der Waals surface area contributed by atoms with Gasteiger partial charge in [-0.15, -0.1) is 0 Å². The summed E-state index contributed by atoms with van der Waals surface area (Å²) >= 11 is 8.53. The van der Waals surface area contributed by atoms with Crippen molar-refractivity contribution in [2.75, 3.05) is 11.9 Å². The van der Waals surface area contributed by atoms with Gasteiger partial charge in [0.1, 0.15) is 16.8 Å². The zero-order valence-corrected chi connectivity index (χ0v) is 13.7. The lowest BCUT2D eigenvalue weighted by molar-refractivity contribution is 0.246. The molecule has 1 atom stereocenters. The molecule has 21 heavy (non-hydrogen) atoms. The summed E-state index contributed by atoms with van der Waals surface area (Å²) in [5.74, 6) is 0.981. The van der Waals surface area contributed by atoms with Crippen molar-refractivity contribution in [3.05, 3.63) is 58.1 Å². The van der Waals surface area contributed by atoms with Gasteiger partial charge in [-0.3, -0.25) is 0 Å². The van der Waals surface area contributed by atoms with Gasteiger partial charge >= 0.3 is 0 Å². The van der Waals surface area contributed by atoms with E-state index in [0.29, 0.717) is 11.5 Å². The van der Waals surface area contributed by atoms with Crippen LogP contribution in [-0.4, -0.2) is 17.6 Å². The Labute approximate surface area is 137 Å². The predicted molar refractivity (Wildman–Crippen MR) is 93.1 cm³/mol. The van der Waals surface area contributed by atoms with E-state index < -0.39 is 0 Å². The van der Waals surface area contributed by atoms with Gasteiger partial charge in [-0.2, -0.15) is 0 Å². The Morgan fingerprint density at radius 3 is 2.90 bits per heavy atom. The van der Waals surface area contributed by atoms with Crippen LogP contribution in [0.1, 0.15) is 11.1 Å². The number of thiocarbonyl (C=S) groups is 1. The largest absolute Gasteiger partial charge is 0.488 e. The van der Waals surface area contributed by atoms with Gasteiger partial charge in [0.25, 0.3) is 0 Å². The van der Waals surface area contributed by atoms with Gasteiger partial charge in [0.15, 0.2) is 0 Å². The Balaban J connectivity index is 1.68. The Bertz CT molecular complexity index is 665. The predicted octanol–water partition coefficient (Wildman–Crippen LogP) is 3.50. The molecule has 0 amide bonds. The minimum Gasteiger partial charge on any atom is -0.488 e. The lowest BCUT2D eigenvalue weighted by Crippen LogP contribution is -2.25. The molecule has 2 aromatic carbocycles. The third-order valence-electron chi connectivity index (χ3n) is 3.48. The summed E-state index contributed by atoms with van der Waals surface area (Å²) in [6.45, 7) is 0.714. The Hall–Kier alpha value is -1.59. The van der Waals surface area contributed by atoms with Gasteiger partial charge in [0.05, 0.1) is 6.54 Å². The first-order chi connectivity index (χ1) is 10.1. The van der Waals surface area contributed by atoms with Crippen molar-refractivity contribution < 1.29 is 4.74 Å². The average Bonchev–Trinajstić information content (AvgIpc) is 2.88. The Morgan fingerprint density at radius 2 is 2.14 bits per heavy atom. The quantitative estimate of drug-likeness (QED) is 0.817. The second-order valence-electron chi connectivity index (χ2n) is 4.99. The first-order valence-electron chi connectivity index (χ1n) is 6.71. The summed E-state index contributed by atoms with van der Waals surface area (Å²) in [4.78, 5) is 0.384. The van der Waals surface area contributed by atoms with Crippen molar-refractivity contribution in [3.63, 3.8) is 0 Å². The molecule has 1 heterocycles. The van der Waals surface area contributed by atoms with Crippen LogP contribution in [0, 0.1) is 0 Å². The van der Waals surface area contributed by atoms with Crippen LogP contribution >= 0.6 is 28.1 Å². The van der Waals surface area contributed by atoms with Crippen molar-refractivity contribution in [1.82, 2.24) is 0 Å². The number of nitrogens with one attached hydrogen (secondary N) is 1. The number of nitrogens with two attached hydrogens (primary N) is 1. The zero-order valence-electron chi connectivity index (χ0n) is 11.3. The molecule has 1 aliphatic heterocycles. The van der Waals surface area contributed by atoms with Gasteiger partial charge in [-0.05, 0) is 29.8 Å². The topological polar surface area (TPSA) is 47.3 Å². The smallest absolute Gasteiger partial charge is 0.123 e. The van der Waals surface area contributed by atoms with Gasteiger partial charge in [0.2, 0.25) is 0 Å². The van der Waals surface area contributed by atoms with Crippen LogP contribution in [0.4, 0.5) is 5.69 Å². The molecule has 0 saturated heterocycles. The monoisotopic (exact) mass is 362 g/mol. The number of hydrogen-bond donors (Lipinski definition) is 2. The van der Waals surface area contributed by atoms with Gasteiger partial charge in [-0.25, -0.2) is 0 Å². The van der Waals surface area contributed by atoms with E-state index in [-0.39, 0.29) is 6.10 Å². The molecule has 0 aromatic heterocycles. The summed E-state index contributed by atoms with van der Waals surface area (Å²) in [6.07, 6.45) is 1.05. The molecule has 108 valence electrons. The van der Waals surface area contributed by atoms with Crippen LogP contribution in [0.3, 0.4) is 0 Å². The van der Waals surface area contributed by atoms with Crippen LogP contribution in [0.15, 0.2) is 46.9 Å². The van der Waals surface area contributed by atoms with Crippen molar-refractivity contribution in [1.29, 1.82) is 0 Å². The minimum absolute atomic E-state index is 0.130. The van der Waals surface area contributed by atoms with E-state index in [4.69, 9.17) is 22.7 Å². The number of fused-ring (bicyclic) bond motifs is 1. The first-order valence-corrected chi connectivity index (χ1v) is 7.91. The molecule has 0 spiro atoms. The van der Waals surface area contributed by atoms with E-state index in [1.54, 1.807) is 0 Å². The maximum atomic E-state index is 5.92. The van der Waals surface area contributed by atoms with E-state index in [1.165, 1.54) is 5.56 Å². The molecule has 1 unspecified atom stereocenters. The Morgan fingerprint density at radius 1 is 1.33 bits per heavy atom. The van der Waals surface area contributed by atoms with E-state index in [9.17, 15) is 0 Å². The molecule has 2 aromatic rings. The van der Waals surface area contributed by atoms with Crippen LogP contribution in [0.5, 0.6) is 5.75 Å². The zero-order chi connectivity index (χ0) is 14.8. The molecule has 0 fully saturated rings. The first kappa shape index (κ1) is 14.4. The lowest BCUT2D eigenvalue weighted by atomic mass is 10.1. The molecule has 0 saturated carbocycles. The van der Waals surface area contributed by atoms with Crippen molar-refractivity contribution >= 4 is 38.8 Å². The molecule has 1 aliphatic rings. The number of halogens is 1. The van der Waals surface area contributed by atoms with E-state index in [0.717, 1.165) is 27.9 Å². The summed E-state index contributed by atoms with van der Waals surface area (Å²) in [5, 5.41) is 3.39. The summed E-state index contributed by atoms with van der Waals surface area (Å²) in [5.41, 5.74) is 8.81. The van der Waals surface area contributed by atoms with Crippen molar-refractivity contribution in [2.45, 2.75) is 12.5 Å². The highest BCUT2D eigenvalue weighted by molar-refractivity contribution is 9.10. The summed E-state index contributed by atoms with van der Waals surface area (Å²) < 4.78 is 6.88. The fourth-order valence-corrected chi connectivity index (χ4v) is 3.00. The van der Waals surface area contributed by atoms with Gasteiger partial charge in [-0.1, -0.05) is 46.3 Å². The fraction of sp³-hybridized carbons (Fsp3) is 0.188. The SMILES string of the molecule is NC(=S)c1cc(Br)ccc1NCC1Cc2ccccc2O1. The standard InChI is InChI=1S/C16H15BrN2OS/c17-11-5-6-14(13(8-11)16(18)21)19-9-12-7-10-3-1-2-4-15(10)20-12/h1-6,8,12,19H,7,9H2,(H2,18,21). The number of hydrogen-bond acceptors (Lipinski definition) is 3. The maximum absolute atomic E-state index is 5.92. The van der Waals surface area contributed by atoms with Gasteiger partial charge < -0.3 is 15.8 Å². The van der Waals surface area contributed by atoms with Gasteiger partial charge in [0, 0.05) is 22.1 Å². The lowest BCUT2D eigenvalue weighted by Gasteiger charge is -2.15. The van der Waals surface area contributed by atoms with Crippen LogP contribution in [0.25, 0.3) is 0 Å². The second-order valence-corrected chi connectivity index (χ2v) is 6.34. The van der Waals surface area contributed by atoms with Crippen molar-refractivity contribution in [2.24, 2.45) is 5.73 Å². The highest BCUT2D eigenvalue weighted by atomic mass is 79.9. The number of para-hydroxylation sites is 1. The van der Waals surface area contributed by atoms with E-state index in [2.05, 4.69) is 27.3 Å². The number of rotatable bonds is 4. The van der Waals surface area contributed by atoms with Crippen LogP contribution in [-0.2, 0) is 6.42 Å². The third-order valence-corrected chi connectivity index (χ3v) is 4.19. The molecule has 0 aliphatic carbocycles. The summed E-state index contributed by atoms with van der Waals surface area (Å²) in [6, 6.07) is 14.0. The van der Waals surface area contributed by atoms with Crippen molar-refractivity contribution in [3.8, 4) is 5.75 Å². The number of benzene rings is 2. The normalized spacial score (nSPS) is 16.1. The van der Waals surface area contributed by atoms with Crippen LogP contribution in [0.2, 0.25) is 0 Å². The molecule has 3 N–H and O–H groups in total. The van der Waals surface area contributed by atoms with Crippen LogP contribution < -0.4 is 15.8 Å².